The van der Waals surface area contributed by atoms with Crippen molar-refractivity contribution in [3.05, 3.63) is 54.1 Å². The summed E-state index contributed by atoms with van der Waals surface area (Å²) in [4.78, 5) is 36.0. The Hall–Kier alpha value is -3.13. The number of nitrogens with zero attached hydrogens (tertiary/aromatic N) is 3. The fraction of sp³-hybridized carbons (Fsp3) is 0.238. The number of carbonyl (C=O) groups is 2. The summed E-state index contributed by atoms with van der Waals surface area (Å²) < 4.78 is 5.13. The molecule has 148 valence electrons. The largest absolute Gasteiger partial charge is 0.497 e. The Morgan fingerprint density at radius 3 is 2.66 bits per heavy atom. The standard InChI is InChI=1S/C21H20N4O3S/c1-12-20(27)25-18(22-12)16-6-4-5-7-17(16)24-21(25)29-13(2)19(26)23-14-8-10-15(28-3)11-9-14/h4-13H,1-3H3,(H,23,26). The summed E-state index contributed by atoms with van der Waals surface area (Å²) >= 11 is 1.24. The van der Waals surface area contributed by atoms with Gasteiger partial charge in [0.1, 0.15) is 17.6 Å². The topological polar surface area (TPSA) is 83.4 Å². The van der Waals surface area contributed by atoms with Gasteiger partial charge in [-0.15, -0.1) is 0 Å². The Labute approximate surface area is 172 Å². The van der Waals surface area contributed by atoms with Crippen molar-refractivity contribution in [2.24, 2.45) is 9.98 Å². The lowest BCUT2D eigenvalue weighted by Gasteiger charge is -2.26. The van der Waals surface area contributed by atoms with Crippen molar-refractivity contribution < 1.29 is 14.3 Å². The van der Waals surface area contributed by atoms with Gasteiger partial charge in [-0.3, -0.25) is 14.6 Å². The molecule has 7 nitrogen and oxygen atoms in total. The van der Waals surface area contributed by atoms with Gasteiger partial charge in [-0.1, -0.05) is 23.9 Å². The fourth-order valence-corrected chi connectivity index (χ4v) is 4.00. The van der Waals surface area contributed by atoms with Crippen LogP contribution in [0.25, 0.3) is 0 Å². The maximum Gasteiger partial charge on any atom is 0.258 e. The van der Waals surface area contributed by atoms with Crippen LogP contribution in [0, 0.1) is 0 Å². The van der Waals surface area contributed by atoms with Crippen LogP contribution in [-0.2, 0) is 9.59 Å². The summed E-state index contributed by atoms with van der Waals surface area (Å²) in [5, 5.41) is 2.88. The Morgan fingerprint density at radius 1 is 1.21 bits per heavy atom. The molecule has 0 saturated heterocycles. The molecule has 8 heteroatoms. The van der Waals surface area contributed by atoms with Crippen LogP contribution in [0.2, 0.25) is 0 Å². The lowest BCUT2D eigenvalue weighted by molar-refractivity contribution is -0.124. The van der Waals surface area contributed by atoms with E-state index in [-0.39, 0.29) is 11.8 Å². The minimum Gasteiger partial charge on any atom is -0.497 e. The van der Waals surface area contributed by atoms with Crippen molar-refractivity contribution in [2.45, 2.75) is 25.1 Å². The van der Waals surface area contributed by atoms with Crippen LogP contribution in [-0.4, -0.2) is 46.1 Å². The minimum atomic E-state index is -0.467. The molecule has 2 aromatic rings. The maximum atomic E-state index is 12.7. The lowest BCUT2D eigenvalue weighted by Crippen LogP contribution is -2.41. The van der Waals surface area contributed by atoms with Crippen molar-refractivity contribution >= 4 is 46.0 Å². The highest BCUT2D eigenvalue weighted by atomic mass is 32.2. The predicted molar refractivity (Wildman–Crippen MR) is 115 cm³/mol. The van der Waals surface area contributed by atoms with Crippen molar-refractivity contribution in [1.82, 2.24) is 4.90 Å². The Balaban J connectivity index is 1.54. The first-order valence-corrected chi connectivity index (χ1v) is 10.1. The van der Waals surface area contributed by atoms with Crippen molar-refractivity contribution in [3.8, 4) is 5.75 Å². The molecule has 4 rings (SSSR count). The number of hydrogen-bond donors (Lipinski definition) is 1. The average Bonchev–Trinajstić information content (AvgIpc) is 3.03. The summed E-state index contributed by atoms with van der Waals surface area (Å²) in [6, 6.07) is 14.2. The van der Waals surface area contributed by atoms with Gasteiger partial charge in [0.05, 0.1) is 18.0 Å². The number of anilines is 1. The number of amides is 2. The third-order valence-corrected chi connectivity index (χ3v) is 5.72. The number of hydrogen-bond acceptors (Lipinski definition) is 6. The number of amidine groups is 2. The van der Waals surface area contributed by atoms with Crippen LogP contribution in [0.4, 0.5) is 11.4 Å². The molecular weight excluding hydrogens is 388 g/mol. The first-order valence-electron chi connectivity index (χ1n) is 9.19. The molecular formula is C21H20N4O3S. The summed E-state index contributed by atoms with van der Waals surface area (Å²) in [6.45, 7) is 3.55. The van der Waals surface area contributed by atoms with Crippen LogP contribution in [0.1, 0.15) is 19.4 Å². The predicted octanol–water partition coefficient (Wildman–Crippen LogP) is 3.43. The number of aliphatic imine (C=N–C) groups is 2. The molecule has 2 heterocycles. The number of fused-ring (bicyclic) bond motifs is 3. The number of nitrogens with one attached hydrogen (secondary N) is 1. The maximum absolute atomic E-state index is 12.7. The highest BCUT2D eigenvalue weighted by molar-refractivity contribution is 8.15. The van der Waals surface area contributed by atoms with Crippen LogP contribution in [0.5, 0.6) is 5.75 Å². The number of ether oxygens (including phenoxy) is 1. The molecule has 0 spiro atoms. The zero-order valence-corrected chi connectivity index (χ0v) is 17.1. The summed E-state index contributed by atoms with van der Waals surface area (Å²) in [7, 11) is 1.59. The third kappa shape index (κ3) is 3.63. The first kappa shape index (κ1) is 19.2. The highest BCUT2D eigenvalue weighted by Crippen LogP contribution is 2.34. The van der Waals surface area contributed by atoms with Crippen LogP contribution >= 0.6 is 11.8 Å². The van der Waals surface area contributed by atoms with E-state index in [1.165, 1.54) is 16.7 Å². The van der Waals surface area contributed by atoms with Gasteiger partial charge < -0.3 is 10.1 Å². The second-order valence-electron chi connectivity index (χ2n) is 6.69. The normalized spacial score (nSPS) is 18.4. The molecule has 2 aromatic carbocycles. The Morgan fingerprint density at radius 2 is 1.93 bits per heavy atom. The molecule has 1 N–H and O–H groups in total. The van der Waals surface area contributed by atoms with E-state index in [2.05, 4.69) is 15.3 Å². The van der Waals surface area contributed by atoms with Gasteiger partial charge in [-0.2, -0.15) is 0 Å². The van der Waals surface area contributed by atoms with Gasteiger partial charge in [0.15, 0.2) is 5.17 Å². The molecule has 2 atom stereocenters. The number of thioether (sulfide) groups is 1. The molecule has 29 heavy (non-hydrogen) atoms. The van der Waals surface area contributed by atoms with E-state index in [0.717, 1.165) is 11.3 Å². The Kier molecular flexibility index (Phi) is 5.10. The van der Waals surface area contributed by atoms with Gasteiger partial charge in [0.25, 0.3) is 5.91 Å². The van der Waals surface area contributed by atoms with Crippen molar-refractivity contribution in [1.29, 1.82) is 0 Å². The molecule has 0 aromatic heterocycles. The highest BCUT2D eigenvalue weighted by Gasteiger charge is 2.40. The van der Waals surface area contributed by atoms with E-state index in [0.29, 0.717) is 22.4 Å². The van der Waals surface area contributed by atoms with Gasteiger partial charge >= 0.3 is 0 Å². The second kappa shape index (κ2) is 7.71. The second-order valence-corrected chi connectivity index (χ2v) is 8.00. The minimum absolute atomic E-state index is 0.136. The van der Waals surface area contributed by atoms with E-state index in [1.54, 1.807) is 45.2 Å². The van der Waals surface area contributed by atoms with Gasteiger partial charge in [0, 0.05) is 11.3 Å². The van der Waals surface area contributed by atoms with Crippen molar-refractivity contribution in [3.63, 3.8) is 0 Å². The quantitative estimate of drug-likeness (QED) is 0.840. The average molecular weight is 408 g/mol. The number of methoxy groups -OCH3 is 1. The molecule has 0 bridgehead atoms. The number of rotatable bonds is 4. The van der Waals surface area contributed by atoms with E-state index in [4.69, 9.17) is 4.74 Å². The zero-order valence-electron chi connectivity index (χ0n) is 16.2. The molecule has 0 aliphatic carbocycles. The SMILES string of the molecule is COc1ccc(NC(=O)C(C)SC2=Nc3ccccc3C3=NC(C)C(=O)N23)cc1. The Bertz CT molecular complexity index is 1030. The molecule has 2 unspecified atom stereocenters. The molecule has 2 aliphatic rings. The summed E-state index contributed by atoms with van der Waals surface area (Å²) in [5.74, 6) is 0.996. The molecule has 0 radical (unpaired) electrons. The fourth-order valence-electron chi connectivity index (χ4n) is 3.08. The third-order valence-electron chi connectivity index (χ3n) is 4.67. The molecule has 0 fully saturated rings. The summed E-state index contributed by atoms with van der Waals surface area (Å²) in [5.41, 5.74) is 2.24. The van der Waals surface area contributed by atoms with Gasteiger partial charge in [-0.05, 0) is 50.2 Å². The number of para-hydroxylation sites is 1. The van der Waals surface area contributed by atoms with E-state index < -0.39 is 11.3 Å². The van der Waals surface area contributed by atoms with Crippen molar-refractivity contribution in [2.75, 3.05) is 12.4 Å². The van der Waals surface area contributed by atoms with Crippen LogP contribution < -0.4 is 10.1 Å². The molecule has 0 saturated carbocycles. The van der Waals surface area contributed by atoms with Crippen LogP contribution in [0.15, 0.2) is 58.5 Å². The lowest BCUT2D eigenvalue weighted by atomic mass is 10.1. The summed E-state index contributed by atoms with van der Waals surface area (Å²) in [6.07, 6.45) is 0. The van der Waals surface area contributed by atoms with Crippen LogP contribution in [0.3, 0.4) is 0 Å². The molecule has 2 aliphatic heterocycles. The van der Waals surface area contributed by atoms with E-state index in [9.17, 15) is 9.59 Å². The number of carbonyl (C=O) groups excluding carboxylic acids is 2. The first-order chi connectivity index (χ1) is 14.0. The zero-order chi connectivity index (χ0) is 20.5. The van der Waals surface area contributed by atoms with E-state index in [1.807, 2.05) is 24.3 Å². The van der Waals surface area contributed by atoms with Gasteiger partial charge in [0.2, 0.25) is 5.91 Å². The van der Waals surface area contributed by atoms with E-state index >= 15 is 0 Å². The van der Waals surface area contributed by atoms with Gasteiger partial charge in [-0.25, -0.2) is 9.89 Å². The smallest absolute Gasteiger partial charge is 0.258 e. The number of benzene rings is 2. The molecule has 2 amide bonds. The monoisotopic (exact) mass is 408 g/mol.